The molecule has 108 valence electrons. The van der Waals surface area contributed by atoms with Gasteiger partial charge in [0.05, 0.1) is 0 Å². The highest BCUT2D eigenvalue weighted by molar-refractivity contribution is 4.71. The van der Waals surface area contributed by atoms with Crippen LogP contribution < -0.4 is 5.73 Å². The fourth-order valence-electron chi connectivity index (χ4n) is 2.66. The molecule has 3 heteroatoms. The zero-order chi connectivity index (χ0) is 13.1. The molecule has 1 aliphatic heterocycles. The standard InChI is InChI=1S/C15H33N3/c1-2-3-4-5-7-10-17-12-14-18(15-13-17)11-8-6-9-16/h2-16H2,1H3. The van der Waals surface area contributed by atoms with E-state index in [2.05, 4.69) is 16.7 Å². The highest BCUT2D eigenvalue weighted by atomic mass is 15.3. The van der Waals surface area contributed by atoms with Gasteiger partial charge in [0, 0.05) is 26.2 Å². The Labute approximate surface area is 114 Å². The van der Waals surface area contributed by atoms with Crippen molar-refractivity contribution in [2.75, 3.05) is 45.8 Å². The first-order valence-corrected chi connectivity index (χ1v) is 8.01. The van der Waals surface area contributed by atoms with Crippen LogP contribution in [0.5, 0.6) is 0 Å². The Morgan fingerprint density at radius 3 is 1.72 bits per heavy atom. The average molecular weight is 255 g/mol. The van der Waals surface area contributed by atoms with Gasteiger partial charge in [-0.1, -0.05) is 32.6 Å². The van der Waals surface area contributed by atoms with Crippen molar-refractivity contribution in [1.82, 2.24) is 9.80 Å². The summed E-state index contributed by atoms with van der Waals surface area (Å²) in [4.78, 5) is 5.24. The minimum absolute atomic E-state index is 0.845. The molecule has 0 spiro atoms. The molecule has 18 heavy (non-hydrogen) atoms. The van der Waals surface area contributed by atoms with Gasteiger partial charge in [-0.2, -0.15) is 0 Å². The molecule has 0 saturated carbocycles. The molecule has 0 unspecified atom stereocenters. The molecule has 0 amide bonds. The maximum atomic E-state index is 5.53. The van der Waals surface area contributed by atoms with E-state index in [-0.39, 0.29) is 0 Å². The normalized spacial score (nSPS) is 18.3. The molecule has 1 heterocycles. The number of hydrogen-bond acceptors (Lipinski definition) is 3. The highest BCUT2D eigenvalue weighted by Gasteiger charge is 2.15. The number of nitrogens with two attached hydrogens (primary N) is 1. The molecule has 1 rings (SSSR count). The van der Waals surface area contributed by atoms with Gasteiger partial charge in [0.2, 0.25) is 0 Å². The smallest absolute Gasteiger partial charge is 0.0110 e. The van der Waals surface area contributed by atoms with Crippen LogP contribution in [-0.2, 0) is 0 Å². The molecule has 0 bridgehead atoms. The van der Waals surface area contributed by atoms with E-state index in [1.165, 1.54) is 84.2 Å². The maximum Gasteiger partial charge on any atom is 0.0110 e. The largest absolute Gasteiger partial charge is 0.330 e. The first-order chi connectivity index (χ1) is 8.86. The van der Waals surface area contributed by atoms with E-state index >= 15 is 0 Å². The zero-order valence-electron chi connectivity index (χ0n) is 12.4. The summed E-state index contributed by atoms with van der Waals surface area (Å²) in [5, 5.41) is 0. The first-order valence-electron chi connectivity index (χ1n) is 8.01. The number of nitrogens with zero attached hydrogens (tertiary/aromatic N) is 2. The summed E-state index contributed by atoms with van der Waals surface area (Å²) in [5.41, 5.74) is 5.53. The van der Waals surface area contributed by atoms with E-state index in [0.717, 1.165) is 6.54 Å². The summed E-state index contributed by atoms with van der Waals surface area (Å²) >= 11 is 0. The van der Waals surface area contributed by atoms with E-state index in [0.29, 0.717) is 0 Å². The summed E-state index contributed by atoms with van der Waals surface area (Å²) in [5.74, 6) is 0. The van der Waals surface area contributed by atoms with Crippen LogP contribution in [0.15, 0.2) is 0 Å². The highest BCUT2D eigenvalue weighted by Crippen LogP contribution is 2.07. The second kappa shape index (κ2) is 10.8. The minimum Gasteiger partial charge on any atom is -0.330 e. The van der Waals surface area contributed by atoms with Crippen molar-refractivity contribution in [2.45, 2.75) is 51.9 Å². The second-order valence-corrected chi connectivity index (χ2v) is 5.59. The SMILES string of the molecule is CCCCCCCN1CCN(CCCCN)CC1. The lowest BCUT2D eigenvalue weighted by atomic mass is 10.1. The third-order valence-corrected chi connectivity index (χ3v) is 3.97. The average Bonchev–Trinajstić information content (AvgIpc) is 2.40. The molecule has 1 aliphatic rings. The van der Waals surface area contributed by atoms with Gasteiger partial charge < -0.3 is 15.5 Å². The number of unbranched alkanes of at least 4 members (excludes halogenated alkanes) is 5. The summed E-state index contributed by atoms with van der Waals surface area (Å²) < 4.78 is 0. The van der Waals surface area contributed by atoms with Crippen molar-refractivity contribution in [1.29, 1.82) is 0 Å². The Balaban J connectivity index is 1.94. The Kier molecular flexibility index (Phi) is 9.54. The lowest BCUT2D eigenvalue weighted by molar-refractivity contribution is 0.129. The predicted molar refractivity (Wildman–Crippen MR) is 79.9 cm³/mol. The van der Waals surface area contributed by atoms with Crippen LogP contribution in [0.4, 0.5) is 0 Å². The van der Waals surface area contributed by atoms with E-state index in [1.807, 2.05) is 0 Å². The van der Waals surface area contributed by atoms with Crippen LogP contribution in [0.1, 0.15) is 51.9 Å². The lowest BCUT2D eigenvalue weighted by Crippen LogP contribution is -2.46. The van der Waals surface area contributed by atoms with Crippen molar-refractivity contribution in [3.63, 3.8) is 0 Å². The van der Waals surface area contributed by atoms with Gasteiger partial charge in [-0.3, -0.25) is 0 Å². The summed E-state index contributed by atoms with van der Waals surface area (Å²) in [7, 11) is 0. The van der Waals surface area contributed by atoms with E-state index in [1.54, 1.807) is 0 Å². The van der Waals surface area contributed by atoms with Gasteiger partial charge in [-0.25, -0.2) is 0 Å². The van der Waals surface area contributed by atoms with Gasteiger partial charge in [-0.05, 0) is 38.9 Å². The number of rotatable bonds is 10. The summed E-state index contributed by atoms with van der Waals surface area (Å²) in [6.45, 7) is 10.8. The molecule has 3 nitrogen and oxygen atoms in total. The van der Waals surface area contributed by atoms with Crippen LogP contribution in [-0.4, -0.2) is 55.6 Å². The lowest BCUT2D eigenvalue weighted by Gasteiger charge is -2.34. The Hall–Kier alpha value is -0.120. The topological polar surface area (TPSA) is 32.5 Å². The van der Waals surface area contributed by atoms with E-state index < -0.39 is 0 Å². The van der Waals surface area contributed by atoms with Crippen LogP contribution in [0.2, 0.25) is 0 Å². The van der Waals surface area contributed by atoms with E-state index in [4.69, 9.17) is 5.73 Å². The van der Waals surface area contributed by atoms with Gasteiger partial charge >= 0.3 is 0 Å². The third kappa shape index (κ3) is 7.34. The fraction of sp³-hybridized carbons (Fsp3) is 1.00. The summed E-state index contributed by atoms with van der Waals surface area (Å²) in [6.07, 6.45) is 9.45. The Morgan fingerprint density at radius 2 is 1.22 bits per heavy atom. The van der Waals surface area contributed by atoms with Crippen molar-refractivity contribution in [2.24, 2.45) is 5.73 Å². The summed E-state index contributed by atoms with van der Waals surface area (Å²) in [6, 6.07) is 0. The molecule has 1 saturated heterocycles. The molecule has 0 aromatic carbocycles. The van der Waals surface area contributed by atoms with Gasteiger partial charge in [0.1, 0.15) is 0 Å². The predicted octanol–water partition coefficient (Wildman–Crippen LogP) is 2.31. The van der Waals surface area contributed by atoms with Gasteiger partial charge in [-0.15, -0.1) is 0 Å². The molecular weight excluding hydrogens is 222 g/mol. The minimum atomic E-state index is 0.845. The van der Waals surface area contributed by atoms with Crippen LogP contribution in [0.25, 0.3) is 0 Å². The van der Waals surface area contributed by atoms with Gasteiger partial charge in [0.15, 0.2) is 0 Å². The van der Waals surface area contributed by atoms with Crippen LogP contribution in [0.3, 0.4) is 0 Å². The molecule has 1 fully saturated rings. The van der Waals surface area contributed by atoms with Crippen molar-refractivity contribution in [3.8, 4) is 0 Å². The molecule has 0 aromatic rings. The van der Waals surface area contributed by atoms with Gasteiger partial charge in [0.25, 0.3) is 0 Å². The Bertz CT molecular complexity index is 177. The quantitative estimate of drug-likeness (QED) is 0.608. The maximum absolute atomic E-state index is 5.53. The third-order valence-electron chi connectivity index (χ3n) is 3.97. The molecular formula is C15H33N3. The van der Waals surface area contributed by atoms with Crippen molar-refractivity contribution >= 4 is 0 Å². The van der Waals surface area contributed by atoms with Crippen molar-refractivity contribution in [3.05, 3.63) is 0 Å². The molecule has 0 radical (unpaired) electrons. The fourth-order valence-corrected chi connectivity index (χ4v) is 2.66. The number of piperazine rings is 1. The monoisotopic (exact) mass is 255 g/mol. The second-order valence-electron chi connectivity index (χ2n) is 5.59. The zero-order valence-corrected chi connectivity index (χ0v) is 12.4. The molecule has 0 aliphatic carbocycles. The van der Waals surface area contributed by atoms with E-state index in [9.17, 15) is 0 Å². The van der Waals surface area contributed by atoms with Crippen molar-refractivity contribution < 1.29 is 0 Å². The Morgan fingerprint density at radius 1 is 0.722 bits per heavy atom. The molecule has 0 aromatic heterocycles. The van der Waals surface area contributed by atoms with Crippen LogP contribution in [0, 0.1) is 0 Å². The molecule has 2 N–H and O–H groups in total. The number of hydrogen-bond donors (Lipinski definition) is 1. The first kappa shape index (κ1) is 15.9. The van der Waals surface area contributed by atoms with Crippen LogP contribution >= 0.6 is 0 Å². The molecule has 0 atom stereocenters.